The molecule has 3 N–H and O–H groups in total. The molecular weight excluding hydrogens is 332 g/mol. The maximum Gasteiger partial charge on any atom is 0.215 e. The Bertz CT molecular complexity index is 701. The monoisotopic (exact) mass is 346 g/mol. The van der Waals surface area contributed by atoms with E-state index in [1.54, 1.807) is 36.4 Å². The van der Waals surface area contributed by atoms with Crippen LogP contribution < -0.4 is 15.2 Å². The minimum Gasteiger partial charge on any atom is -0.492 e. The molecule has 1 aromatic heterocycles. The van der Waals surface area contributed by atoms with Gasteiger partial charge in [-0.3, -0.25) is 0 Å². The van der Waals surface area contributed by atoms with Gasteiger partial charge in [-0.1, -0.05) is 17.7 Å². The number of nitrogens with two attached hydrogens (primary N) is 1. The van der Waals surface area contributed by atoms with Crippen LogP contribution in [-0.2, 0) is 16.6 Å². The highest BCUT2D eigenvalue weighted by molar-refractivity contribution is 7.89. The number of nitrogens with one attached hydrogen (secondary N) is 1. The van der Waals surface area contributed by atoms with E-state index in [0.717, 1.165) is 4.88 Å². The third kappa shape index (κ3) is 5.55. The Hall–Kier alpha value is -1.28. The van der Waals surface area contributed by atoms with Crippen molar-refractivity contribution in [1.82, 2.24) is 4.72 Å². The minimum atomic E-state index is -3.39. The summed E-state index contributed by atoms with van der Waals surface area (Å²) in [7, 11) is -3.39. The van der Waals surface area contributed by atoms with Gasteiger partial charge in [-0.2, -0.15) is 0 Å². The second kappa shape index (κ2) is 7.13. The highest BCUT2D eigenvalue weighted by Crippen LogP contribution is 2.21. The summed E-state index contributed by atoms with van der Waals surface area (Å²) in [6, 6.07) is 10.4. The number of sulfonamides is 1. The molecule has 0 aliphatic rings. The van der Waals surface area contributed by atoms with E-state index >= 15 is 0 Å². The molecule has 5 nitrogen and oxygen atoms in total. The van der Waals surface area contributed by atoms with Gasteiger partial charge in [-0.15, -0.1) is 11.3 Å². The van der Waals surface area contributed by atoms with Gasteiger partial charge >= 0.3 is 0 Å². The molecule has 0 amide bonds. The largest absolute Gasteiger partial charge is 0.492 e. The SMILES string of the molecule is Nc1cccc(OCCS(=O)(=O)NCc2ccc(Cl)s2)c1. The van der Waals surface area contributed by atoms with Gasteiger partial charge in [-0.25, -0.2) is 13.1 Å². The number of nitrogen functional groups attached to an aromatic ring is 1. The number of ether oxygens (including phenoxy) is 1. The van der Waals surface area contributed by atoms with Crippen LogP contribution in [0.4, 0.5) is 5.69 Å². The van der Waals surface area contributed by atoms with Crippen molar-refractivity contribution >= 4 is 38.6 Å². The Kier molecular flexibility index (Phi) is 5.46. The van der Waals surface area contributed by atoms with Gasteiger partial charge in [0.1, 0.15) is 12.4 Å². The number of thiophene rings is 1. The Balaban J connectivity index is 1.78. The molecule has 114 valence electrons. The topological polar surface area (TPSA) is 81.4 Å². The van der Waals surface area contributed by atoms with Gasteiger partial charge in [0.15, 0.2) is 0 Å². The van der Waals surface area contributed by atoms with Crippen LogP contribution in [0, 0.1) is 0 Å². The molecule has 21 heavy (non-hydrogen) atoms. The third-order valence-electron chi connectivity index (χ3n) is 2.57. The second-order valence-corrected chi connectivity index (χ2v) is 7.99. The van der Waals surface area contributed by atoms with Crippen LogP contribution in [0.5, 0.6) is 5.75 Å². The minimum absolute atomic E-state index is 0.0595. The van der Waals surface area contributed by atoms with Crippen LogP contribution >= 0.6 is 22.9 Å². The smallest absolute Gasteiger partial charge is 0.215 e. The fraction of sp³-hybridized carbons (Fsp3) is 0.231. The average molecular weight is 347 g/mol. The normalized spacial score (nSPS) is 11.5. The van der Waals surface area contributed by atoms with Crippen molar-refractivity contribution in [3.63, 3.8) is 0 Å². The van der Waals surface area contributed by atoms with Crippen molar-refractivity contribution < 1.29 is 13.2 Å². The summed E-state index contributed by atoms with van der Waals surface area (Å²) in [5.41, 5.74) is 6.18. The van der Waals surface area contributed by atoms with Gasteiger partial charge in [-0.05, 0) is 24.3 Å². The van der Waals surface area contributed by atoms with Crippen LogP contribution in [0.2, 0.25) is 4.34 Å². The van der Waals surface area contributed by atoms with Gasteiger partial charge in [0, 0.05) is 23.2 Å². The van der Waals surface area contributed by atoms with Crippen molar-refractivity contribution in [2.45, 2.75) is 6.54 Å². The number of halogens is 1. The molecule has 0 aliphatic heterocycles. The number of anilines is 1. The first kappa shape index (κ1) is 16.1. The lowest BCUT2D eigenvalue weighted by molar-refractivity contribution is 0.340. The van der Waals surface area contributed by atoms with Crippen molar-refractivity contribution in [2.24, 2.45) is 0 Å². The molecule has 1 heterocycles. The van der Waals surface area contributed by atoms with Crippen molar-refractivity contribution in [1.29, 1.82) is 0 Å². The Labute approximate surface area is 132 Å². The maximum atomic E-state index is 11.8. The van der Waals surface area contributed by atoms with E-state index in [4.69, 9.17) is 22.1 Å². The molecule has 1 aromatic carbocycles. The lowest BCUT2D eigenvalue weighted by atomic mass is 10.3. The molecule has 0 unspecified atom stereocenters. The van der Waals surface area contributed by atoms with Crippen LogP contribution in [0.15, 0.2) is 36.4 Å². The van der Waals surface area contributed by atoms with E-state index in [9.17, 15) is 8.42 Å². The molecule has 0 saturated heterocycles. The first-order valence-corrected chi connectivity index (χ1v) is 8.99. The number of rotatable bonds is 7. The molecule has 0 atom stereocenters. The summed E-state index contributed by atoms with van der Waals surface area (Å²) in [4.78, 5) is 0.861. The van der Waals surface area contributed by atoms with Crippen LogP contribution in [-0.4, -0.2) is 20.8 Å². The predicted molar refractivity (Wildman–Crippen MR) is 86.3 cm³/mol. The van der Waals surface area contributed by atoms with Crippen molar-refractivity contribution in [3.05, 3.63) is 45.6 Å². The van der Waals surface area contributed by atoms with E-state index < -0.39 is 10.0 Å². The predicted octanol–water partition coefficient (Wildman–Crippen LogP) is 2.48. The molecule has 0 radical (unpaired) electrons. The first-order chi connectivity index (χ1) is 9.94. The number of hydrogen-bond donors (Lipinski definition) is 2. The summed E-state index contributed by atoms with van der Waals surface area (Å²) < 4.78 is 32.1. The standard InChI is InChI=1S/C13H15ClN2O3S2/c14-13-5-4-12(20-13)9-16-21(17,18)7-6-19-11-3-1-2-10(15)8-11/h1-5,8,16H,6-7,9,15H2. The van der Waals surface area contributed by atoms with Crippen molar-refractivity contribution in [3.8, 4) is 5.75 Å². The zero-order valence-electron chi connectivity index (χ0n) is 11.1. The van der Waals surface area contributed by atoms with E-state index in [2.05, 4.69) is 4.72 Å². The van der Waals surface area contributed by atoms with Gasteiger partial charge in [0.25, 0.3) is 0 Å². The fourth-order valence-electron chi connectivity index (χ4n) is 1.57. The lowest BCUT2D eigenvalue weighted by Gasteiger charge is -2.08. The van der Waals surface area contributed by atoms with Gasteiger partial charge in [0.2, 0.25) is 10.0 Å². The Morgan fingerprint density at radius 2 is 2.10 bits per heavy atom. The van der Waals surface area contributed by atoms with Crippen LogP contribution in [0.3, 0.4) is 0 Å². The number of hydrogen-bond acceptors (Lipinski definition) is 5. The van der Waals surface area contributed by atoms with Crippen LogP contribution in [0.1, 0.15) is 4.88 Å². The second-order valence-electron chi connectivity index (χ2n) is 4.27. The summed E-state index contributed by atoms with van der Waals surface area (Å²) in [6.07, 6.45) is 0. The number of benzene rings is 1. The van der Waals surface area contributed by atoms with E-state index in [1.165, 1.54) is 11.3 Å². The zero-order valence-corrected chi connectivity index (χ0v) is 13.5. The van der Waals surface area contributed by atoms with E-state index in [-0.39, 0.29) is 18.9 Å². The summed E-state index contributed by atoms with van der Waals surface area (Å²) in [6.45, 7) is 0.294. The molecule has 0 fully saturated rings. The van der Waals surface area contributed by atoms with Gasteiger partial charge < -0.3 is 10.5 Å². The summed E-state index contributed by atoms with van der Waals surface area (Å²) >= 11 is 7.13. The molecule has 8 heteroatoms. The summed E-state index contributed by atoms with van der Waals surface area (Å²) in [5, 5.41) is 0. The molecule has 0 saturated carbocycles. The first-order valence-electron chi connectivity index (χ1n) is 6.14. The van der Waals surface area contributed by atoms with Crippen LogP contribution in [0.25, 0.3) is 0 Å². The molecule has 0 spiro atoms. The molecule has 2 aromatic rings. The maximum absolute atomic E-state index is 11.8. The molecular formula is C13H15ClN2O3S2. The molecule has 2 rings (SSSR count). The highest BCUT2D eigenvalue weighted by Gasteiger charge is 2.11. The highest BCUT2D eigenvalue weighted by atomic mass is 35.5. The molecule has 0 bridgehead atoms. The molecule has 0 aliphatic carbocycles. The fourth-order valence-corrected chi connectivity index (χ4v) is 3.51. The van der Waals surface area contributed by atoms with Gasteiger partial charge in [0.05, 0.1) is 10.1 Å². The quantitative estimate of drug-likeness (QED) is 0.755. The average Bonchev–Trinajstić information content (AvgIpc) is 2.82. The zero-order chi connectivity index (χ0) is 15.3. The van der Waals surface area contributed by atoms with E-state index in [0.29, 0.717) is 15.8 Å². The van der Waals surface area contributed by atoms with Crippen molar-refractivity contribution in [2.75, 3.05) is 18.1 Å². The Morgan fingerprint density at radius 3 is 2.76 bits per heavy atom. The third-order valence-corrected chi connectivity index (χ3v) is 5.09. The summed E-state index contributed by atoms with van der Waals surface area (Å²) in [5.74, 6) is 0.427. The lowest BCUT2D eigenvalue weighted by Crippen LogP contribution is -2.28. The van der Waals surface area contributed by atoms with E-state index in [1.807, 2.05) is 0 Å². The Morgan fingerprint density at radius 1 is 1.29 bits per heavy atom.